The van der Waals surface area contributed by atoms with Crippen molar-refractivity contribution in [1.82, 2.24) is 9.55 Å². The van der Waals surface area contributed by atoms with E-state index in [1.807, 2.05) is 43.5 Å². The molecule has 4 rings (SSSR count). The molecule has 0 radical (unpaired) electrons. The first-order valence-corrected chi connectivity index (χ1v) is 8.93. The van der Waals surface area contributed by atoms with E-state index in [0.29, 0.717) is 12.2 Å². The lowest BCUT2D eigenvalue weighted by Crippen LogP contribution is -2.11. The van der Waals surface area contributed by atoms with Crippen LogP contribution in [0.15, 0.2) is 54.7 Å². The van der Waals surface area contributed by atoms with Gasteiger partial charge in [-0.3, -0.25) is 4.79 Å². The molecule has 0 unspecified atom stereocenters. The van der Waals surface area contributed by atoms with E-state index in [9.17, 15) is 4.79 Å². The van der Waals surface area contributed by atoms with Gasteiger partial charge in [-0.05, 0) is 49.7 Å². The average molecular weight is 347 g/mol. The zero-order valence-corrected chi connectivity index (χ0v) is 14.7. The standard InChI is InChI=1S/C21H21N3O2/c1-2-26-18-10-8-15(9-11-18)21(25)23-17-6-3-5-16(13-17)19-14-22-20-7-4-12-24(19)20/h3,5-6,8-11,13-14H,2,4,7,12H2,1H3,(H,23,25). The van der Waals surface area contributed by atoms with Crippen LogP contribution in [-0.2, 0) is 13.0 Å². The Kier molecular flexibility index (Phi) is 4.44. The molecule has 1 amide bonds. The highest BCUT2D eigenvalue weighted by atomic mass is 16.5. The molecule has 1 N–H and O–H groups in total. The van der Waals surface area contributed by atoms with Crippen LogP contribution in [0.4, 0.5) is 5.69 Å². The summed E-state index contributed by atoms with van der Waals surface area (Å²) in [7, 11) is 0. The van der Waals surface area contributed by atoms with E-state index in [0.717, 1.165) is 47.9 Å². The molecule has 3 aromatic rings. The molecule has 0 saturated heterocycles. The number of nitrogens with one attached hydrogen (secondary N) is 1. The summed E-state index contributed by atoms with van der Waals surface area (Å²) in [5, 5.41) is 2.97. The van der Waals surface area contributed by atoms with Crippen molar-refractivity contribution in [3.05, 3.63) is 66.1 Å². The SMILES string of the molecule is CCOc1ccc(C(=O)Nc2cccc(-c3cnc4n3CCC4)c2)cc1. The first-order valence-electron chi connectivity index (χ1n) is 8.93. The van der Waals surface area contributed by atoms with E-state index in [4.69, 9.17) is 4.74 Å². The van der Waals surface area contributed by atoms with Crippen molar-refractivity contribution >= 4 is 11.6 Å². The Balaban J connectivity index is 1.52. The number of carbonyl (C=O) groups excluding carboxylic acids is 1. The number of nitrogens with zero attached hydrogens (tertiary/aromatic N) is 2. The van der Waals surface area contributed by atoms with Crippen LogP contribution < -0.4 is 10.1 Å². The fraction of sp³-hybridized carbons (Fsp3) is 0.238. The molecule has 2 aromatic carbocycles. The number of ether oxygens (including phenoxy) is 1. The zero-order chi connectivity index (χ0) is 17.9. The van der Waals surface area contributed by atoms with Crippen molar-refractivity contribution in [1.29, 1.82) is 0 Å². The summed E-state index contributed by atoms with van der Waals surface area (Å²) in [5.41, 5.74) is 3.55. The highest BCUT2D eigenvalue weighted by Crippen LogP contribution is 2.27. The van der Waals surface area contributed by atoms with Gasteiger partial charge in [-0.1, -0.05) is 12.1 Å². The fourth-order valence-corrected chi connectivity index (χ4v) is 3.32. The van der Waals surface area contributed by atoms with Crippen LogP contribution >= 0.6 is 0 Å². The van der Waals surface area contributed by atoms with Crippen LogP contribution in [-0.4, -0.2) is 22.1 Å². The maximum absolute atomic E-state index is 12.5. The van der Waals surface area contributed by atoms with Gasteiger partial charge in [0.2, 0.25) is 0 Å². The number of benzene rings is 2. The Labute approximate surface area is 152 Å². The monoisotopic (exact) mass is 347 g/mol. The van der Waals surface area contributed by atoms with Crippen molar-refractivity contribution in [3.8, 4) is 17.0 Å². The van der Waals surface area contributed by atoms with Gasteiger partial charge in [-0.25, -0.2) is 4.98 Å². The molecule has 5 heteroatoms. The lowest BCUT2D eigenvalue weighted by atomic mass is 10.1. The van der Waals surface area contributed by atoms with Crippen LogP contribution in [0.2, 0.25) is 0 Å². The van der Waals surface area contributed by atoms with Gasteiger partial charge >= 0.3 is 0 Å². The summed E-state index contributed by atoms with van der Waals surface area (Å²) >= 11 is 0. The molecule has 0 atom stereocenters. The van der Waals surface area contributed by atoms with E-state index in [2.05, 4.69) is 20.9 Å². The second-order valence-electron chi connectivity index (χ2n) is 6.31. The predicted octanol–water partition coefficient (Wildman–Crippen LogP) is 4.15. The van der Waals surface area contributed by atoms with Crippen molar-refractivity contribution in [2.24, 2.45) is 0 Å². The normalized spacial score (nSPS) is 12.7. The maximum Gasteiger partial charge on any atom is 0.255 e. The quantitative estimate of drug-likeness (QED) is 0.754. The Bertz CT molecular complexity index is 929. The summed E-state index contributed by atoms with van der Waals surface area (Å²) in [6.45, 7) is 3.55. The van der Waals surface area contributed by atoms with Crippen LogP contribution in [0.1, 0.15) is 29.5 Å². The molecule has 0 fully saturated rings. The number of hydrogen-bond donors (Lipinski definition) is 1. The first-order chi connectivity index (χ1) is 12.7. The molecule has 1 aliphatic heterocycles. The minimum Gasteiger partial charge on any atom is -0.494 e. The van der Waals surface area contributed by atoms with Crippen molar-refractivity contribution in [3.63, 3.8) is 0 Å². The smallest absolute Gasteiger partial charge is 0.255 e. The van der Waals surface area contributed by atoms with Crippen LogP contribution in [0.3, 0.4) is 0 Å². The summed E-state index contributed by atoms with van der Waals surface area (Å²) in [4.78, 5) is 17.0. The number of carbonyl (C=O) groups is 1. The largest absolute Gasteiger partial charge is 0.494 e. The van der Waals surface area contributed by atoms with Gasteiger partial charge in [0.25, 0.3) is 5.91 Å². The molecule has 1 aromatic heterocycles. The van der Waals surface area contributed by atoms with Crippen molar-refractivity contribution in [2.45, 2.75) is 26.3 Å². The number of amides is 1. The highest BCUT2D eigenvalue weighted by molar-refractivity contribution is 6.04. The van der Waals surface area contributed by atoms with Crippen LogP contribution in [0.25, 0.3) is 11.3 Å². The van der Waals surface area contributed by atoms with Crippen molar-refractivity contribution < 1.29 is 9.53 Å². The fourth-order valence-electron chi connectivity index (χ4n) is 3.32. The number of imidazole rings is 1. The number of aryl methyl sites for hydroxylation is 1. The summed E-state index contributed by atoms with van der Waals surface area (Å²) in [6.07, 6.45) is 4.10. The summed E-state index contributed by atoms with van der Waals surface area (Å²) in [5.74, 6) is 1.77. The highest BCUT2D eigenvalue weighted by Gasteiger charge is 2.17. The summed E-state index contributed by atoms with van der Waals surface area (Å²) < 4.78 is 7.67. The Morgan fingerprint density at radius 1 is 1.23 bits per heavy atom. The Hall–Kier alpha value is -3.08. The van der Waals surface area contributed by atoms with Gasteiger partial charge in [-0.15, -0.1) is 0 Å². The van der Waals surface area contributed by atoms with E-state index < -0.39 is 0 Å². The van der Waals surface area contributed by atoms with Gasteiger partial charge in [0, 0.05) is 29.8 Å². The third-order valence-electron chi connectivity index (χ3n) is 4.56. The van der Waals surface area contributed by atoms with E-state index in [-0.39, 0.29) is 5.91 Å². The molecular formula is C21H21N3O2. The van der Waals surface area contributed by atoms with Gasteiger partial charge < -0.3 is 14.6 Å². The van der Waals surface area contributed by atoms with E-state index >= 15 is 0 Å². The van der Waals surface area contributed by atoms with Gasteiger partial charge in [0.05, 0.1) is 18.5 Å². The lowest BCUT2D eigenvalue weighted by Gasteiger charge is -2.09. The predicted molar refractivity (Wildman–Crippen MR) is 102 cm³/mol. The molecule has 0 saturated carbocycles. The number of anilines is 1. The zero-order valence-electron chi connectivity index (χ0n) is 14.7. The van der Waals surface area contributed by atoms with Gasteiger partial charge in [0.15, 0.2) is 0 Å². The molecule has 0 aliphatic carbocycles. The van der Waals surface area contributed by atoms with Crippen LogP contribution in [0.5, 0.6) is 5.75 Å². The Morgan fingerprint density at radius 3 is 2.88 bits per heavy atom. The minimum atomic E-state index is -0.135. The van der Waals surface area contributed by atoms with Crippen LogP contribution in [0, 0.1) is 0 Å². The number of rotatable bonds is 5. The lowest BCUT2D eigenvalue weighted by molar-refractivity contribution is 0.102. The molecule has 132 valence electrons. The second-order valence-corrected chi connectivity index (χ2v) is 6.31. The third-order valence-corrected chi connectivity index (χ3v) is 4.56. The first kappa shape index (κ1) is 16.4. The molecule has 26 heavy (non-hydrogen) atoms. The number of aromatic nitrogens is 2. The molecule has 2 heterocycles. The molecule has 0 spiro atoms. The summed E-state index contributed by atoms with van der Waals surface area (Å²) in [6, 6.07) is 15.1. The van der Waals surface area contributed by atoms with E-state index in [1.54, 1.807) is 12.1 Å². The average Bonchev–Trinajstić information content (AvgIpc) is 3.26. The minimum absolute atomic E-state index is 0.135. The molecule has 1 aliphatic rings. The molecule has 5 nitrogen and oxygen atoms in total. The van der Waals surface area contributed by atoms with Gasteiger partial charge in [0.1, 0.15) is 11.6 Å². The van der Waals surface area contributed by atoms with E-state index in [1.165, 1.54) is 0 Å². The van der Waals surface area contributed by atoms with Crippen molar-refractivity contribution in [2.75, 3.05) is 11.9 Å². The molecule has 0 bridgehead atoms. The number of hydrogen-bond acceptors (Lipinski definition) is 3. The number of fused-ring (bicyclic) bond motifs is 1. The second kappa shape index (κ2) is 7.04. The third kappa shape index (κ3) is 3.20. The van der Waals surface area contributed by atoms with Gasteiger partial charge in [-0.2, -0.15) is 0 Å². The maximum atomic E-state index is 12.5. The Morgan fingerprint density at radius 2 is 2.08 bits per heavy atom. The molecular weight excluding hydrogens is 326 g/mol. The topological polar surface area (TPSA) is 56.1 Å².